The number of allylic oxidation sites excluding steroid dienone is 1. The van der Waals surface area contributed by atoms with Gasteiger partial charge in [0.1, 0.15) is 0 Å². The van der Waals surface area contributed by atoms with E-state index in [0.29, 0.717) is 0 Å². The minimum Gasteiger partial charge on any atom is -0.0785 e. The summed E-state index contributed by atoms with van der Waals surface area (Å²) >= 11 is 0. The van der Waals surface area contributed by atoms with Crippen molar-refractivity contribution in [2.45, 2.75) is 20.8 Å². The maximum atomic E-state index is 2.25. The highest BCUT2D eigenvalue weighted by Gasteiger charge is 2.03. The standard InChI is InChI=1S/C16H18/c1-16(2,3)11-10-13-8-9-14-6-4-5-7-15(14)12-13/h4-12H,1-3H3/b11-10-. The molecular formula is C16H18. The van der Waals surface area contributed by atoms with Crippen molar-refractivity contribution in [2.75, 3.05) is 0 Å². The van der Waals surface area contributed by atoms with E-state index < -0.39 is 0 Å². The van der Waals surface area contributed by atoms with Crippen molar-refractivity contribution in [3.8, 4) is 0 Å². The van der Waals surface area contributed by atoms with Crippen LogP contribution in [0.15, 0.2) is 48.5 Å². The van der Waals surface area contributed by atoms with Crippen molar-refractivity contribution in [3.05, 3.63) is 54.1 Å². The van der Waals surface area contributed by atoms with Crippen LogP contribution in [0.4, 0.5) is 0 Å². The van der Waals surface area contributed by atoms with E-state index in [1.807, 2.05) is 0 Å². The molecule has 0 amide bonds. The average Bonchev–Trinajstić information content (AvgIpc) is 2.25. The summed E-state index contributed by atoms with van der Waals surface area (Å²) in [5.41, 5.74) is 1.51. The fraction of sp³-hybridized carbons (Fsp3) is 0.250. The van der Waals surface area contributed by atoms with Gasteiger partial charge < -0.3 is 0 Å². The first-order valence-corrected chi connectivity index (χ1v) is 5.73. The molecule has 0 heterocycles. The number of hydrogen-bond acceptors (Lipinski definition) is 0. The van der Waals surface area contributed by atoms with Crippen LogP contribution in [0.3, 0.4) is 0 Å². The summed E-state index contributed by atoms with van der Waals surface area (Å²) in [4.78, 5) is 0. The summed E-state index contributed by atoms with van der Waals surface area (Å²) < 4.78 is 0. The zero-order chi connectivity index (χ0) is 11.6. The van der Waals surface area contributed by atoms with E-state index in [4.69, 9.17) is 0 Å². The molecule has 0 aliphatic heterocycles. The number of rotatable bonds is 1. The molecule has 0 heteroatoms. The molecule has 0 atom stereocenters. The predicted molar refractivity (Wildman–Crippen MR) is 72.4 cm³/mol. The molecule has 0 aromatic heterocycles. The molecule has 0 spiro atoms. The third-order valence-electron chi connectivity index (χ3n) is 2.55. The maximum Gasteiger partial charge on any atom is -0.0178 e. The molecule has 0 radical (unpaired) electrons. The summed E-state index contributed by atoms with van der Waals surface area (Å²) in [6.45, 7) is 6.64. The van der Waals surface area contributed by atoms with Crippen LogP contribution in [0.5, 0.6) is 0 Å². The lowest BCUT2D eigenvalue weighted by Crippen LogP contribution is -1.97. The number of benzene rings is 2. The van der Waals surface area contributed by atoms with Crippen molar-refractivity contribution < 1.29 is 0 Å². The monoisotopic (exact) mass is 210 g/mol. The van der Waals surface area contributed by atoms with Crippen LogP contribution in [0, 0.1) is 5.41 Å². The van der Waals surface area contributed by atoms with E-state index >= 15 is 0 Å². The van der Waals surface area contributed by atoms with Crippen LogP contribution < -0.4 is 0 Å². The topological polar surface area (TPSA) is 0 Å². The molecule has 0 fully saturated rings. The van der Waals surface area contributed by atoms with Crippen LogP contribution in [0.25, 0.3) is 16.8 Å². The van der Waals surface area contributed by atoms with Crippen LogP contribution in [-0.2, 0) is 0 Å². The second kappa shape index (κ2) is 4.13. The van der Waals surface area contributed by atoms with Gasteiger partial charge in [0.2, 0.25) is 0 Å². The van der Waals surface area contributed by atoms with Crippen molar-refractivity contribution in [2.24, 2.45) is 5.41 Å². The van der Waals surface area contributed by atoms with Crippen LogP contribution in [0.2, 0.25) is 0 Å². The Morgan fingerprint density at radius 3 is 2.25 bits per heavy atom. The van der Waals surface area contributed by atoms with E-state index in [-0.39, 0.29) is 5.41 Å². The third-order valence-corrected chi connectivity index (χ3v) is 2.55. The Bertz CT molecular complexity index is 513. The Balaban J connectivity index is 2.37. The third kappa shape index (κ3) is 2.73. The highest BCUT2D eigenvalue weighted by molar-refractivity contribution is 5.84. The first kappa shape index (κ1) is 10.9. The molecule has 0 unspecified atom stereocenters. The maximum absolute atomic E-state index is 2.25. The summed E-state index contributed by atoms with van der Waals surface area (Å²) in [6, 6.07) is 15.0. The van der Waals surface area contributed by atoms with Gasteiger partial charge in [0.25, 0.3) is 0 Å². The second-order valence-corrected chi connectivity index (χ2v) is 5.31. The lowest BCUT2D eigenvalue weighted by molar-refractivity contribution is 0.547. The Kier molecular flexibility index (Phi) is 2.82. The lowest BCUT2D eigenvalue weighted by Gasteiger charge is -2.11. The summed E-state index contributed by atoms with van der Waals surface area (Å²) in [5, 5.41) is 2.61. The molecule has 0 aliphatic carbocycles. The van der Waals surface area contributed by atoms with Crippen molar-refractivity contribution in [1.82, 2.24) is 0 Å². The molecule has 2 aromatic carbocycles. The molecular weight excluding hydrogens is 192 g/mol. The smallest absolute Gasteiger partial charge is 0.0178 e. The minimum atomic E-state index is 0.242. The average molecular weight is 210 g/mol. The molecule has 0 aliphatic rings. The van der Waals surface area contributed by atoms with Crippen LogP contribution >= 0.6 is 0 Å². The highest BCUT2D eigenvalue weighted by Crippen LogP contribution is 2.20. The molecule has 16 heavy (non-hydrogen) atoms. The van der Waals surface area contributed by atoms with Gasteiger partial charge in [-0.15, -0.1) is 0 Å². The molecule has 0 bridgehead atoms. The van der Waals surface area contributed by atoms with E-state index in [1.54, 1.807) is 0 Å². The predicted octanol–water partition coefficient (Wildman–Crippen LogP) is 4.90. The Morgan fingerprint density at radius 1 is 0.875 bits per heavy atom. The fourth-order valence-corrected chi connectivity index (χ4v) is 1.66. The van der Waals surface area contributed by atoms with Gasteiger partial charge >= 0.3 is 0 Å². The SMILES string of the molecule is CC(C)(C)/C=C\c1ccc2ccccc2c1. The van der Waals surface area contributed by atoms with Gasteiger partial charge in [-0.05, 0) is 27.8 Å². The van der Waals surface area contributed by atoms with Gasteiger partial charge in [0.05, 0.1) is 0 Å². The normalized spacial score (nSPS) is 12.4. The van der Waals surface area contributed by atoms with Crippen molar-refractivity contribution >= 4 is 16.8 Å². The zero-order valence-corrected chi connectivity index (χ0v) is 10.2. The second-order valence-electron chi connectivity index (χ2n) is 5.31. The van der Waals surface area contributed by atoms with Gasteiger partial charge in [0.15, 0.2) is 0 Å². The van der Waals surface area contributed by atoms with Crippen LogP contribution in [-0.4, -0.2) is 0 Å². The largest absolute Gasteiger partial charge is 0.0785 e. The lowest BCUT2D eigenvalue weighted by atomic mass is 9.95. The van der Waals surface area contributed by atoms with E-state index in [0.717, 1.165) is 0 Å². The molecule has 2 rings (SSSR count). The van der Waals surface area contributed by atoms with Crippen molar-refractivity contribution in [1.29, 1.82) is 0 Å². The molecule has 0 nitrogen and oxygen atoms in total. The zero-order valence-electron chi connectivity index (χ0n) is 10.2. The first-order valence-electron chi connectivity index (χ1n) is 5.73. The fourth-order valence-electron chi connectivity index (χ4n) is 1.66. The van der Waals surface area contributed by atoms with Gasteiger partial charge in [-0.3, -0.25) is 0 Å². The minimum absolute atomic E-state index is 0.242. The van der Waals surface area contributed by atoms with E-state index in [1.165, 1.54) is 16.3 Å². The quantitative estimate of drug-likeness (QED) is 0.628. The van der Waals surface area contributed by atoms with E-state index in [9.17, 15) is 0 Å². The molecule has 0 saturated carbocycles. The Morgan fingerprint density at radius 2 is 1.56 bits per heavy atom. The van der Waals surface area contributed by atoms with Crippen molar-refractivity contribution in [3.63, 3.8) is 0 Å². The van der Waals surface area contributed by atoms with Gasteiger partial charge in [-0.2, -0.15) is 0 Å². The summed E-state index contributed by atoms with van der Waals surface area (Å²) in [7, 11) is 0. The highest BCUT2D eigenvalue weighted by atomic mass is 14.1. The molecule has 0 N–H and O–H groups in total. The first-order chi connectivity index (χ1) is 7.54. The summed E-state index contributed by atoms with van der Waals surface area (Å²) in [6.07, 6.45) is 4.45. The Labute approximate surface area is 97.6 Å². The molecule has 0 saturated heterocycles. The molecule has 82 valence electrons. The van der Waals surface area contributed by atoms with E-state index in [2.05, 4.69) is 75.4 Å². The number of hydrogen-bond donors (Lipinski definition) is 0. The van der Waals surface area contributed by atoms with Gasteiger partial charge in [0, 0.05) is 0 Å². The van der Waals surface area contributed by atoms with Gasteiger partial charge in [-0.25, -0.2) is 0 Å². The van der Waals surface area contributed by atoms with Gasteiger partial charge in [-0.1, -0.05) is 69.3 Å². The number of fused-ring (bicyclic) bond motifs is 1. The molecule has 2 aromatic rings. The van der Waals surface area contributed by atoms with Crippen LogP contribution in [0.1, 0.15) is 26.3 Å². The summed E-state index contributed by atoms with van der Waals surface area (Å²) in [5.74, 6) is 0. The Hall–Kier alpha value is -1.56.